The third-order valence-corrected chi connectivity index (χ3v) is 4.49. The Morgan fingerprint density at radius 1 is 1.35 bits per heavy atom. The molecule has 7 heteroatoms. The molecule has 2 rings (SSSR count). The van der Waals surface area contributed by atoms with E-state index in [2.05, 4.69) is 47.2 Å². The first-order valence-electron chi connectivity index (χ1n) is 7.87. The molecule has 138 valence electrons. The number of carbonyl (C=O) groups excluding carboxylic acids is 1. The van der Waals surface area contributed by atoms with Crippen molar-refractivity contribution in [2.24, 2.45) is 5.10 Å². The van der Waals surface area contributed by atoms with Crippen LogP contribution in [0.3, 0.4) is 0 Å². The Morgan fingerprint density at radius 3 is 2.69 bits per heavy atom. The average molecular weight is 442 g/mol. The summed E-state index contributed by atoms with van der Waals surface area (Å²) in [5.41, 5.74) is 3.54. The molecular weight excluding hydrogens is 423 g/mol. The quantitative estimate of drug-likeness (QED) is 0.520. The number of hydrazone groups is 1. The summed E-state index contributed by atoms with van der Waals surface area (Å²) >= 11 is 9.32. The molecule has 0 saturated carbocycles. The van der Waals surface area contributed by atoms with Gasteiger partial charge in [-0.25, -0.2) is 9.82 Å². The second kappa shape index (κ2) is 8.64. The molecule has 26 heavy (non-hydrogen) atoms. The van der Waals surface area contributed by atoms with Gasteiger partial charge in [0, 0.05) is 5.56 Å². The van der Waals surface area contributed by atoms with Gasteiger partial charge in [-0.1, -0.05) is 44.5 Å². The molecule has 0 aromatic heterocycles. The molecule has 0 heterocycles. The lowest BCUT2D eigenvalue weighted by atomic mass is 9.87. The van der Waals surface area contributed by atoms with E-state index in [4.69, 9.17) is 16.3 Å². The molecule has 1 N–H and O–H groups in total. The zero-order valence-electron chi connectivity index (χ0n) is 14.6. The minimum atomic E-state index is -0.519. The van der Waals surface area contributed by atoms with E-state index in [9.17, 15) is 9.18 Å². The normalized spacial score (nSPS) is 11.6. The van der Waals surface area contributed by atoms with Crippen LogP contribution >= 0.6 is 27.5 Å². The Bertz CT molecular complexity index is 815. The van der Waals surface area contributed by atoms with E-state index in [1.54, 1.807) is 6.07 Å². The lowest BCUT2D eigenvalue weighted by Gasteiger charge is -2.20. The smallest absolute Gasteiger partial charge is 0.277 e. The fraction of sp³-hybridized carbons (Fsp3) is 0.263. The van der Waals surface area contributed by atoms with Crippen LogP contribution in [-0.4, -0.2) is 18.7 Å². The first kappa shape index (κ1) is 20.4. The van der Waals surface area contributed by atoms with E-state index in [0.29, 0.717) is 5.75 Å². The first-order valence-corrected chi connectivity index (χ1v) is 9.04. The number of nitrogens with zero attached hydrogens (tertiary/aromatic N) is 1. The second-order valence-corrected chi connectivity index (χ2v) is 7.87. The number of hydrogen-bond acceptors (Lipinski definition) is 3. The van der Waals surface area contributed by atoms with E-state index in [1.807, 2.05) is 12.1 Å². The van der Waals surface area contributed by atoms with E-state index in [-0.39, 0.29) is 22.6 Å². The molecule has 0 aliphatic heterocycles. The van der Waals surface area contributed by atoms with Crippen LogP contribution in [0.5, 0.6) is 5.75 Å². The number of nitrogens with one attached hydrogen (secondary N) is 1. The van der Waals surface area contributed by atoms with Gasteiger partial charge in [-0.15, -0.1) is 0 Å². The number of amides is 1. The van der Waals surface area contributed by atoms with Crippen molar-refractivity contribution in [3.05, 3.63) is 62.8 Å². The number of hydrogen-bond donors (Lipinski definition) is 1. The third kappa shape index (κ3) is 5.54. The van der Waals surface area contributed by atoms with Crippen molar-refractivity contribution in [1.29, 1.82) is 0 Å². The van der Waals surface area contributed by atoms with Crippen LogP contribution < -0.4 is 10.2 Å². The topological polar surface area (TPSA) is 50.7 Å². The zero-order valence-corrected chi connectivity index (χ0v) is 17.0. The molecule has 0 aliphatic carbocycles. The highest BCUT2D eigenvalue weighted by molar-refractivity contribution is 9.10. The third-order valence-electron chi connectivity index (χ3n) is 3.54. The van der Waals surface area contributed by atoms with Gasteiger partial charge in [-0.3, -0.25) is 4.79 Å². The number of ether oxygens (including phenoxy) is 1. The summed E-state index contributed by atoms with van der Waals surface area (Å²) in [5.74, 6) is -0.440. The standard InChI is InChI=1S/C19H19BrClFN2O2/c1-19(2,3)12-7-8-17(14(20)9-12)26-11-18(25)24-23-10-13-15(21)5-4-6-16(13)22/h4-10H,11H2,1-3H3,(H,24,25)/b23-10+. The summed E-state index contributed by atoms with van der Waals surface area (Å²) in [6, 6.07) is 10.0. The van der Waals surface area contributed by atoms with Crippen molar-refractivity contribution < 1.29 is 13.9 Å². The van der Waals surface area contributed by atoms with Gasteiger partial charge < -0.3 is 4.74 Å². The SMILES string of the molecule is CC(C)(C)c1ccc(OCC(=O)N/N=C/c2c(F)cccc2Cl)c(Br)c1. The van der Waals surface area contributed by atoms with Gasteiger partial charge in [0.1, 0.15) is 11.6 Å². The van der Waals surface area contributed by atoms with Crippen molar-refractivity contribution in [2.45, 2.75) is 26.2 Å². The van der Waals surface area contributed by atoms with Gasteiger partial charge in [-0.05, 0) is 51.2 Å². The fourth-order valence-corrected chi connectivity index (χ4v) is 2.77. The van der Waals surface area contributed by atoms with Gasteiger partial charge in [0.05, 0.1) is 15.7 Å². The fourth-order valence-electron chi connectivity index (χ4n) is 2.06. The Hall–Kier alpha value is -1.92. The molecule has 0 aliphatic rings. The summed E-state index contributed by atoms with van der Waals surface area (Å²) in [5, 5.41) is 3.91. The van der Waals surface area contributed by atoms with E-state index >= 15 is 0 Å². The summed E-state index contributed by atoms with van der Waals surface area (Å²) in [7, 11) is 0. The first-order chi connectivity index (χ1) is 12.2. The molecule has 0 bridgehead atoms. The average Bonchev–Trinajstić information content (AvgIpc) is 2.55. The van der Waals surface area contributed by atoms with Crippen molar-refractivity contribution >= 4 is 39.7 Å². The predicted octanol–water partition coefficient (Wildman–Crippen LogP) is 5.07. The maximum absolute atomic E-state index is 13.6. The van der Waals surface area contributed by atoms with E-state index in [1.165, 1.54) is 18.2 Å². The van der Waals surface area contributed by atoms with Crippen LogP contribution in [0.2, 0.25) is 5.02 Å². The van der Waals surface area contributed by atoms with Crippen molar-refractivity contribution in [3.63, 3.8) is 0 Å². The number of halogens is 3. The monoisotopic (exact) mass is 440 g/mol. The van der Waals surface area contributed by atoms with Crippen LogP contribution in [0.1, 0.15) is 31.9 Å². The Balaban J connectivity index is 1.92. The van der Waals surface area contributed by atoms with E-state index < -0.39 is 11.7 Å². The highest BCUT2D eigenvalue weighted by atomic mass is 79.9. The van der Waals surface area contributed by atoms with Crippen LogP contribution in [0, 0.1) is 5.82 Å². The summed E-state index contributed by atoms with van der Waals surface area (Å²) in [6.07, 6.45) is 1.16. The molecule has 0 unspecified atom stereocenters. The Morgan fingerprint density at radius 2 is 2.08 bits per heavy atom. The molecule has 1 amide bonds. The highest BCUT2D eigenvalue weighted by Gasteiger charge is 2.15. The van der Waals surface area contributed by atoms with Gasteiger partial charge in [0.25, 0.3) is 5.91 Å². The van der Waals surface area contributed by atoms with Crippen LogP contribution in [0.15, 0.2) is 46.0 Å². The number of benzene rings is 2. The predicted molar refractivity (Wildman–Crippen MR) is 105 cm³/mol. The van der Waals surface area contributed by atoms with Gasteiger partial charge in [0.15, 0.2) is 6.61 Å². The molecule has 0 spiro atoms. The Labute approximate surface area is 165 Å². The maximum Gasteiger partial charge on any atom is 0.277 e. The van der Waals surface area contributed by atoms with Crippen molar-refractivity contribution in [1.82, 2.24) is 5.43 Å². The minimum Gasteiger partial charge on any atom is -0.483 e. The number of carbonyl (C=O) groups is 1. The molecule has 0 radical (unpaired) electrons. The van der Waals surface area contributed by atoms with Crippen LogP contribution in [0.4, 0.5) is 4.39 Å². The molecule has 0 saturated heterocycles. The Kier molecular flexibility index (Phi) is 6.78. The highest BCUT2D eigenvalue weighted by Crippen LogP contribution is 2.31. The summed E-state index contributed by atoms with van der Waals surface area (Å²) in [6.45, 7) is 6.11. The molecule has 4 nitrogen and oxygen atoms in total. The minimum absolute atomic E-state index is 0.0150. The lowest BCUT2D eigenvalue weighted by Crippen LogP contribution is -2.24. The molecule has 0 atom stereocenters. The maximum atomic E-state index is 13.6. The van der Waals surface area contributed by atoms with Crippen molar-refractivity contribution in [2.75, 3.05) is 6.61 Å². The molecular formula is C19H19BrClFN2O2. The van der Waals surface area contributed by atoms with Gasteiger partial charge in [-0.2, -0.15) is 5.10 Å². The van der Waals surface area contributed by atoms with E-state index in [0.717, 1.165) is 16.3 Å². The van der Waals surface area contributed by atoms with Crippen LogP contribution in [0.25, 0.3) is 0 Å². The molecule has 2 aromatic rings. The summed E-state index contributed by atoms with van der Waals surface area (Å²) < 4.78 is 19.8. The molecule has 2 aromatic carbocycles. The number of rotatable bonds is 5. The van der Waals surface area contributed by atoms with Crippen LogP contribution in [-0.2, 0) is 10.2 Å². The van der Waals surface area contributed by atoms with Gasteiger partial charge in [0.2, 0.25) is 0 Å². The van der Waals surface area contributed by atoms with Crippen molar-refractivity contribution in [3.8, 4) is 5.75 Å². The second-order valence-electron chi connectivity index (χ2n) is 6.61. The zero-order chi connectivity index (χ0) is 19.3. The molecule has 0 fully saturated rings. The largest absolute Gasteiger partial charge is 0.483 e. The lowest BCUT2D eigenvalue weighted by molar-refractivity contribution is -0.123. The van der Waals surface area contributed by atoms with Gasteiger partial charge >= 0.3 is 0 Å². The summed E-state index contributed by atoms with van der Waals surface area (Å²) in [4.78, 5) is 11.8.